The summed E-state index contributed by atoms with van der Waals surface area (Å²) in [5.74, 6) is -3.44. The maximum atomic E-state index is 15.0. The van der Waals surface area contributed by atoms with Crippen LogP contribution < -0.4 is 10.6 Å². The number of anilines is 2. The summed E-state index contributed by atoms with van der Waals surface area (Å²) in [6.07, 6.45) is 1.49. The highest BCUT2D eigenvalue weighted by Gasteiger charge is 2.33. The van der Waals surface area contributed by atoms with Crippen LogP contribution in [0.25, 0.3) is 0 Å². The van der Waals surface area contributed by atoms with Crippen LogP contribution in [0.2, 0.25) is 0 Å². The lowest BCUT2D eigenvalue weighted by molar-refractivity contribution is 0.0758. The van der Waals surface area contributed by atoms with Gasteiger partial charge in [-0.2, -0.15) is 0 Å². The molecule has 1 saturated heterocycles. The van der Waals surface area contributed by atoms with Gasteiger partial charge in [0.05, 0.1) is 29.6 Å². The lowest BCUT2D eigenvalue weighted by Crippen LogP contribution is -2.59. The molecule has 0 unspecified atom stereocenters. The number of aliphatic hydroxyl groups is 1. The fourth-order valence-corrected chi connectivity index (χ4v) is 3.74. The largest absolute Gasteiger partial charge is 0.395 e. The van der Waals surface area contributed by atoms with Gasteiger partial charge in [0.2, 0.25) is 0 Å². The van der Waals surface area contributed by atoms with Crippen LogP contribution in [0.15, 0.2) is 24.3 Å². The third-order valence-corrected chi connectivity index (χ3v) is 5.59. The van der Waals surface area contributed by atoms with Crippen LogP contribution >= 0.6 is 0 Å². The van der Waals surface area contributed by atoms with Crippen molar-refractivity contribution in [3.8, 4) is 0 Å². The number of hydrogen-bond donors (Lipinski definition) is 3. The molecule has 1 heterocycles. The Labute approximate surface area is 172 Å². The monoisotopic (exact) mass is 419 g/mol. The van der Waals surface area contributed by atoms with Crippen LogP contribution in [0.4, 0.5) is 24.5 Å². The molecule has 30 heavy (non-hydrogen) atoms. The van der Waals surface area contributed by atoms with Crippen molar-refractivity contribution in [3.63, 3.8) is 0 Å². The molecule has 4 rings (SSSR count). The zero-order valence-corrected chi connectivity index (χ0v) is 16.6. The molecule has 5 nitrogen and oxygen atoms in total. The topological polar surface area (TPSA) is 64.6 Å². The normalized spacial score (nSPS) is 17.0. The van der Waals surface area contributed by atoms with Gasteiger partial charge in [0.25, 0.3) is 5.91 Å². The maximum absolute atomic E-state index is 15.0. The summed E-state index contributed by atoms with van der Waals surface area (Å²) in [4.78, 5) is 14.9. The van der Waals surface area contributed by atoms with Crippen molar-refractivity contribution in [3.05, 3.63) is 58.4 Å². The van der Waals surface area contributed by atoms with Crippen molar-refractivity contribution < 1.29 is 23.1 Å². The summed E-state index contributed by atoms with van der Waals surface area (Å²) in [7, 11) is 0. The third-order valence-electron chi connectivity index (χ3n) is 5.59. The molecular weight excluding hydrogens is 395 g/mol. The number of nitrogens with zero attached hydrogens (tertiary/aromatic N) is 1. The van der Waals surface area contributed by atoms with Crippen LogP contribution in [0.1, 0.15) is 40.2 Å². The van der Waals surface area contributed by atoms with Crippen molar-refractivity contribution in [1.82, 2.24) is 10.2 Å². The molecule has 2 fully saturated rings. The smallest absolute Gasteiger partial charge is 0.253 e. The van der Waals surface area contributed by atoms with Crippen molar-refractivity contribution in [2.45, 2.75) is 31.7 Å². The van der Waals surface area contributed by atoms with Crippen molar-refractivity contribution >= 4 is 17.3 Å². The molecule has 160 valence electrons. The van der Waals surface area contributed by atoms with Crippen LogP contribution in [0.5, 0.6) is 0 Å². The minimum absolute atomic E-state index is 0.0325. The molecule has 2 aromatic rings. The standard InChI is InChI=1S/C22H24F3N3O2/c1-12-2-5-18(17(23)8-12)27-21-16(9-15(13-3-4-13)19(24)20(21)25)22(30)26-14-10-28(11-14)6-7-29/h2,5,8-9,13-14,27,29H,3-4,6-7,10-11H2,1H3,(H,26,30). The van der Waals surface area contributed by atoms with E-state index in [1.165, 1.54) is 18.2 Å². The first kappa shape index (κ1) is 20.7. The Morgan fingerprint density at radius 3 is 2.53 bits per heavy atom. The second kappa shape index (κ2) is 8.28. The molecule has 0 atom stereocenters. The highest BCUT2D eigenvalue weighted by atomic mass is 19.2. The lowest BCUT2D eigenvalue weighted by Gasteiger charge is -2.39. The number of hydrogen-bond acceptors (Lipinski definition) is 4. The molecule has 1 aliphatic heterocycles. The summed E-state index contributed by atoms with van der Waals surface area (Å²) in [5.41, 5.74) is 0.414. The van der Waals surface area contributed by atoms with E-state index < -0.39 is 23.4 Å². The number of amides is 1. The summed E-state index contributed by atoms with van der Waals surface area (Å²) >= 11 is 0. The second-order valence-electron chi connectivity index (χ2n) is 8.05. The Bertz CT molecular complexity index is 973. The number of rotatable bonds is 7. The number of carbonyl (C=O) groups excluding carboxylic acids is 1. The quantitative estimate of drug-likeness (QED) is 0.643. The van der Waals surface area contributed by atoms with Gasteiger partial charge >= 0.3 is 0 Å². The lowest BCUT2D eigenvalue weighted by atomic mass is 10.0. The van der Waals surface area contributed by atoms with Gasteiger partial charge < -0.3 is 15.7 Å². The Balaban J connectivity index is 1.64. The minimum Gasteiger partial charge on any atom is -0.395 e. The fraction of sp³-hybridized carbons (Fsp3) is 0.409. The van der Waals surface area contributed by atoms with Gasteiger partial charge in [-0.05, 0) is 55.0 Å². The predicted molar refractivity (Wildman–Crippen MR) is 108 cm³/mol. The van der Waals surface area contributed by atoms with Gasteiger partial charge in [-0.15, -0.1) is 0 Å². The summed E-state index contributed by atoms with van der Waals surface area (Å²) < 4.78 is 44.0. The average molecular weight is 419 g/mol. The second-order valence-corrected chi connectivity index (χ2v) is 8.05. The van der Waals surface area contributed by atoms with E-state index in [1.54, 1.807) is 13.0 Å². The molecule has 1 saturated carbocycles. The summed E-state index contributed by atoms with van der Waals surface area (Å²) in [5, 5.41) is 14.4. The molecule has 1 amide bonds. The average Bonchev–Trinajstić information content (AvgIpc) is 3.50. The SMILES string of the molecule is Cc1ccc(Nc2c(C(=O)NC3CN(CCO)C3)cc(C3CC3)c(F)c2F)c(F)c1. The van der Waals surface area contributed by atoms with E-state index in [-0.39, 0.29) is 41.1 Å². The number of carbonyl (C=O) groups is 1. The van der Waals surface area contributed by atoms with E-state index in [2.05, 4.69) is 10.6 Å². The Hall–Kier alpha value is -2.58. The molecule has 0 spiro atoms. The number of aryl methyl sites for hydroxylation is 1. The van der Waals surface area contributed by atoms with E-state index in [9.17, 15) is 18.0 Å². The number of likely N-dealkylation sites (tertiary alicyclic amines) is 1. The first-order valence-electron chi connectivity index (χ1n) is 10.1. The molecule has 1 aliphatic carbocycles. The van der Waals surface area contributed by atoms with E-state index in [0.717, 1.165) is 12.8 Å². The third kappa shape index (κ3) is 4.15. The number of benzene rings is 2. The van der Waals surface area contributed by atoms with E-state index in [1.807, 2.05) is 4.90 Å². The van der Waals surface area contributed by atoms with Crippen molar-refractivity contribution in [2.75, 3.05) is 31.6 Å². The van der Waals surface area contributed by atoms with E-state index in [0.29, 0.717) is 25.2 Å². The predicted octanol–water partition coefficient (Wildman–Crippen LogP) is 3.44. The number of aliphatic hydroxyl groups excluding tert-OH is 1. The maximum Gasteiger partial charge on any atom is 0.253 e. The molecule has 2 aromatic carbocycles. The Morgan fingerprint density at radius 1 is 1.17 bits per heavy atom. The van der Waals surface area contributed by atoms with Gasteiger partial charge in [-0.1, -0.05) is 6.07 Å². The highest BCUT2D eigenvalue weighted by Crippen LogP contribution is 2.44. The van der Waals surface area contributed by atoms with Gasteiger partial charge in [0.1, 0.15) is 5.82 Å². The van der Waals surface area contributed by atoms with Gasteiger partial charge in [0, 0.05) is 19.6 Å². The van der Waals surface area contributed by atoms with Crippen molar-refractivity contribution in [1.29, 1.82) is 0 Å². The van der Waals surface area contributed by atoms with Crippen molar-refractivity contribution in [2.24, 2.45) is 0 Å². The highest BCUT2D eigenvalue weighted by molar-refractivity contribution is 6.01. The molecule has 3 N–H and O–H groups in total. The molecule has 0 bridgehead atoms. The van der Waals surface area contributed by atoms with Gasteiger partial charge in [-0.25, -0.2) is 13.2 Å². The Kier molecular flexibility index (Phi) is 5.71. The first-order valence-corrected chi connectivity index (χ1v) is 10.1. The number of halogens is 3. The van der Waals surface area contributed by atoms with Crippen LogP contribution in [0, 0.1) is 24.4 Å². The van der Waals surface area contributed by atoms with Gasteiger partial charge in [0.15, 0.2) is 11.6 Å². The molecule has 0 radical (unpaired) electrons. The van der Waals surface area contributed by atoms with E-state index >= 15 is 0 Å². The van der Waals surface area contributed by atoms with Crippen LogP contribution in [-0.4, -0.2) is 48.2 Å². The van der Waals surface area contributed by atoms with Gasteiger partial charge in [-0.3, -0.25) is 9.69 Å². The molecular formula is C22H24F3N3O2. The zero-order chi connectivity index (χ0) is 21.4. The zero-order valence-electron chi connectivity index (χ0n) is 16.6. The molecule has 2 aliphatic rings. The summed E-state index contributed by atoms with van der Waals surface area (Å²) in [6, 6.07) is 5.58. The molecule has 8 heteroatoms. The molecule has 0 aromatic heterocycles. The Morgan fingerprint density at radius 2 is 1.90 bits per heavy atom. The summed E-state index contributed by atoms with van der Waals surface area (Å²) in [6.45, 7) is 3.41. The van der Waals surface area contributed by atoms with E-state index in [4.69, 9.17) is 5.11 Å². The first-order chi connectivity index (χ1) is 14.4. The van der Waals surface area contributed by atoms with Crippen LogP contribution in [-0.2, 0) is 0 Å². The number of β-amino-alcohol motifs (C(OH)–C–C–N with tert-alkyl or cyclic N) is 1. The minimum atomic E-state index is -1.18. The van der Waals surface area contributed by atoms with Crippen LogP contribution in [0.3, 0.4) is 0 Å². The number of nitrogens with one attached hydrogen (secondary N) is 2. The fourth-order valence-electron chi connectivity index (χ4n) is 3.74.